The molecule has 0 bridgehead atoms. The van der Waals surface area contributed by atoms with Crippen molar-refractivity contribution in [1.82, 2.24) is 0 Å². The quantitative estimate of drug-likeness (QED) is 0.331. The molecule has 0 aromatic carbocycles. The van der Waals surface area contributed by atoms with Gasteiger partial charge in [-0.1, -0.05) is 6.08 Å². The lowest BCUT2D eigenvalue weighted by atomic mass is 10.2. The van der Waals surface area contributed by atoms with Crippen molar-refractivity contribution in [1.29, 1.82) is 0 Å². The van der Waals surface area contributed by atoms with Crippen LogP contribution in [0.4, 0.5) is 0 Å². The van der Waals surface area contributed by atoms with Gasteiger partial charge in [0.2, 0.25) is 0 Å². The average Bonchev–Trinajstić information content (AvgIpc) is 2.31. The Bertz CT molecular complexity index is 245. The molecule has 0 aliphatic carbocycles. The molecule has 0 spiro atoms. The van der Waals surface area contributed by atoms with Gasteiger partial charge in [-0.15, -0.1) is 11.6 Å². The summed E-state index contributed by atoms with van der Waals surface area (Å²) in [6.07, 6.45) is 0.340. The normalized spacial score (nSPS) is 15.7. The number of alkyl halides is 1. The van der Waals surface area contributed by atoms with Crippen LogP contribution in [0, 0.1) is 0 Å². The van der Waals surface area contributed by atoms with Gasteiger partial charge in [0.15, 0.2) is 0 Å². The standard InChI is InChI=1S/C10H18ClNO4/c1-7(2-3-8(13)5-12)10(15)16-6-9(14)4-11/h2,8-9,13-14H,3-6,12H2,1H3. The SMILES string of the molecule is CC(=CCC(O)CN)C(=O)OCC(O)CCl. The highest BCUT2D eigenvalue weighted by molar-refractivity contribution is 6.18. The number of rotatable bonds is 7. The van der Waals surface area contributed by atoms with Crippen LogP contribution in [0.25, 0.3) is 0 Å². The van der Waals surface area contributed by atoms with Crippen molar-refractivity contribution < 1.29 is 19.7 Å². The Kier molecular flexibility index (Phi) is 8.19. The first kappa shape index (κ1) is 15.4. The predicted octanol–water partition coefficient (Wildman–Crippen LogP) is -0.215. The highest BCUT2D eigenvalue weighted by Crippen LogP contribution is 2.02. The maximum atomic E-state index is 11.3. The van der Waals surface area contributed by atoms with Gasteiger partial charge in [-0.25, -0.2) is 4.79 Å². The monoisotopic (exact) mass is 251 g/mol. The zero-order valence-corrected chi connectivity index (χ0v) is 9.98. The van der Waals surface area contributed by atoms with Crippen LogP contribution >= 0.6 is 11.6 Å². The van der Waals surface area contributed by atoms with Crippen molar-refractivity contribution in [3.05, 3.63) is 11.6 Å². The number of carbonyl (C=O) groups excluding carboxylic acids is 1. The zero-order chi connectivity index (χ0) is 12.6. The Balaban J connectivity index is 3.98. The highest BCUT2D eigenvalue weighted by Gasteiger charge is 2.09. The number of ether oxygens (including phenoxy) is 1. The fourth-order valence-corrected chi connectivity index (χ4v) is 0.912. The fourth-order valence-electron chi connectivity index (χ4n) is 0.823. The van der Waals surface area contributed by atoms with E-state index in [0.29, 0.717) is 12.0 Å². The molecule has 0 fully saturated rings. The minimum absolute atomic E-state index is 0.0158. The summed E-state index contributed by atoms with van der Waals surface area (Å²) in [5.74, 6) is -0.518. The van der Waals surface area contributed by atoms with E-state index >= 15 is 0 Å². The smallest absolute Gasteiger partial charge is 0.333 e. The van der Waals surface area contributed by atoms with Crippen LogP contribution < -0.4 is 5.73 Å². The van der Waals surface area contributed by atoms with E-state index in [1.165, 1.54) is 0 Å². The van der Waals surface area contributed by atoms with Gasteiger partial charge in [-0.2, -0.15) is 0 Å². The van der Waals surface area contributed by atoms with E-state index in [4.69, 9.17) is 32.3 Å². The van der Waals surface area contributed by atoms with E-state index in [-0.39, 0.29) is 19.0 Å². The number of halogens is 1. The summed E-state index contributed by atoms with van der Waals surface area (Å²) in [6.45, 7) is 1.58. The number of carbonyl (C=O) groups is 1. The molecule has 5 nitrogen and oxygen atoms in total. The van der Waals surface area contributed by atoms with Gasteiger partial charge in [0, 0.05) is 12.1 Å². The van der Waals surface area contributed by atoms with Crippen LogP contribution in [0.1, 0.15) is 13.3 Å². The third-order valence-electron chi connectivity index (χ3n) is 1.88. The molecular formula is C10H18ClNO4. The van der Waals surface area contributed by atoms with Crippen molar-refractivity contribution in [3.8, 4) is 0 Å². The van der Waals surface area contributed by atoms with Crippen molar-refractivity contribution in [2.45, 2.75) is 25.6 Å². The average molecular weight is 252 g/mol. The molecule has 0 aromatic rings. The van der Waals surface area contributed by atoms with E-state index < -0.39 is 18.2 Å². The molecule has 0 saturated carbocycles. The number of hydrogen-bond donors (Lipinski definition) is 3. The van der Waals surface area contributed by atoms with Crippen LogP contribution in [0.15, 0.2) is 11.6 Å². The molecule has 2 atom stereocenters. The van der Waals surface area contributed by atoms with Crippen molar-refractivity contribution in [2.75, 3.05) is 19.0 Å². The molecule has 0 aromatic heterocycles. The molecule has 2 unspecified atom stereocenters. The molecule has 4 N–H and O–H groups in total. The van der Waals surface area contributed by atoms with Crippen molar-refractivity contribution in [3.63, 3.8) is 0 Å². The Hall–Kier alpha value is -0.620. The third-order valence-corrected chi connectivity index (χ3v) is 2.23. The van der Waals surface area contributed by atoms with Gasteiger partial charge < -0.3 is 20.7 Å². The van der Waals surface area contributed by atoms with E-state index in [0.717, 1.165) is 0 Å². The van der Waals surface area contributed by atoms with E-state index in [1.54, 1.807) is 13.0 Å². The second kappa shape index (κ2) is 8.52. The van der Waals surface area contributed by atoms with E-state index in [1.807, 2.05) is 0 Å². The van der Waals surface area contributed by atoms with Crippen LogP contribution in [-0.2, 0) is 9.53 Å². The predicted molar refractivity (Wildman–Crippen MR) is 61.1 cm³/mol. The Morgan fingerprint density at radius 3 is 2.62 bits per heavy atom. The van der Waals surface area contributed by atoms with Gasteiger partial charge in [0.25, 0.3) is 0 Å². The molecular weight excluding hydrogens is 234 g/mol. The Labute approximate surface area is 99.8 Å². The van der Waals surface area contributed by atoms with E-state index in [9.17, 15) is 4.79 Å². The molecule has 0 aliphatic rings. The Morgan fingerprint density at radius 1 is 1.50 bits per heavy atom. The molecule has 0 radical (unpaired) electrons. The fraction of sp³-hybridized carbons (Fsp3) is 0.700. The summed E-state index contributed by atoms with van der Waals surface area (Å²) in [5, 5.41) is 18.2. The topological polar surface area (TPSA) is 92.8 Å². The molecule has 0 rings (SSSR count). The van der Waals surface area contributed by atoms with Gasteiger partial charge in [0.1, 0.15) is 12.7 Å². The summed E-state index contributed by atoms with van der Waals surface area (Å²) in [7, 11) is 0. The minimum Gasteiger partial charge on any atom is -0.460 e. The number of aliphatic hydroxyl groups excluding tert-OH is 2. The molecule has 0 amide bonds. The molecule has 0 heterocycles. The molecule has 0 saturated heterocycles. The molecule has 0 aliphatic heterocycles. The van der Waals surface area contributed by atoms with Gasteiger partial charge in [-0.3, -0.25) is 0 Å². The second-order valence-electron chi connectivity index (χ2n) is 3.42. The summed E-state index contributed by atoms with van der Waals surface area (Å²) < 4.78 is 4.77. The number of aliphatic hydroxyl groups is 2. The van der Waals surface area contributed by atoms with Crippen LogP contribution in [0.3, 0.4) is 0 Å². The van der Waals surface area contributed by atoms with Crippen molar-refractivity contribution >= 4 is 17.6 Å². The lowest BCUT2D eigenvalue weighted by Gasteiger charge is -2.09. The van der Waals surface area contributed by atoms with Crippen LogP contribution in [-0.4, -0.2) is 47.4 Å². The summed E-state index contributed by atoms with van der Waals surface area (Å²) in [5.41, 5.74) is 5.58. The zero-order valence-electron chi connectivity index (χ0n) is 9.23. The first-order valence-corrected chi connectivity index (χ1v) is 5.50. The summed E-state index contributed by atoms with van der Waals surface area (Å²) in [6, 6.07) is 0. The van der Waals surface area contributed by atoms with Gasteiger partial charge in [0.05, 0.1) is 12.0 Å². The van der Waals surface area contributed by atoms with Crippen LogP contribution in [0.2, 0.25) is 0 Å². The third kappa shape index (κ3) is 6.79. The Morgan fingerprint density at radius 2 is 2.12 bits per heavy atom. The lowest BCUT2D eigenvalue weighted by molar-refractivity contribution is -0.141. The maximum Gasteiger partial charge on any atom is 0.333 e. The number of nitrogens with two attached hydrogens (primary N) is 1. The lowest BCUT2D eigenvalue weighted by Crippen LogP contribution is -2.21. The summed E-state index contributed by atoms with van der Waals surface area (Å²) in [4.78, 5) is 11.3. The first-order valence-electron chi connectivity index (χ1n) is 4.97. The van der Waals surface area contributed by atoms with Gasteiger partial charge >= 0.3 is 5.97 Å². The molecule has 94 valence electrons. The van der Waals surface area contributed by atoms with E-state index in [2.05, 4.69) is 0 Å². The highest BCUT2D eigenvalue weighted by atomic mass is 35.5. The molecule has 6 heteroatoms. The number of esters is 1. The molecule has 16 heavy (non-hydrogen) atoms. The summed E-state index contributed by atoms with van der Waals surface area (Å²) >= 11 is 5.33. The number of hydrogen-bond acceptors (Lipinski definition) is 5. The van der Waals surface area contributed by atoms with Crippen molar-refractivity contribution in [2.24, 2.45) is 5.73 Å². The van der Waals surface area contributed by atoms with Gasteiger partial charge in [-0.05, 0) is 13.3 Å². The second-order valence-corrected chi connectivity index (χ2v) is 3.73. The minimum atomic E-state index is -0.854. The maximum absolute atomic E-state index is 11.3. The first-order chi connectivity index (χ1) is 7.51. The largest absolute Gasteiger partial charge is 0.460 e. The van der Waals surface area contributed by atoms with Crippen LogP contribution in [0.5, 0.6) is 0 Å².